The average molecular weight is 579 g/mol. The Kier molecular flexibility index (Phi) is 16.9. The van der Waals surface area contributed by atoms with Crippen molar-refractivity contribution in [1.29, 1.82) is 0 Å². The Morgan fingerprint density at radius 1 is 0.683 bits per heavy atom. The molecule has 0 spiro atoms. The molecule has 0 radical (unpaired) electrons. The number of carbonyl (C=O) groups is 1. The first-order valence-electron chi connectivity index (χ1n) is 17.6. The third-order valence-electron chi connectivity index (χ3n) is 9.48. The lowest BCUT2D eigenvalue weighted by Crippen LogP contribution is -2.33. The van der Waals surface area contributed by atoms with E-state index in [1.807, 2.05) is 13.0 Å². The Morgan fingerprint density at radius 2 is 1.12 bits per heavy atom. The van der Waals surface area contributed by atoms with Crippen LogP contribution in [0.3, 0.4) is 0 Å². The summed E-state index contributed by atoms with van der Waals surface area (Å²) in [5.74, 6) is -0.127. The highest BCUT2D eigenvalue weighted by Gasteiger charge is 2.40. The van der Waals surface area contributed by atoms with Gasteiger partial charge in [-0.2, -0.15) is 0 Å². The molecule has 0 amide bonds. The number of ether oxygens (including phenoxy) is 3. The van der Waals surface area contributed by atoms with E-state index in [4.69, 9.17) is 14.2 Å². The fraction of sp³-hybridized carbons (Fsp3) is 0.914. The van der Waals surface area contributed by atoms with E-state index < -0.39 is 0 Å². The SMILES string of the molecule is CCCCCCCCCC[C@@H](O)[C@H]1CC[C@H]([C@H]2CC[C@H]([C@@H](O)CCCCCCCCCCC3=C[C@H](C)OC3=O)O2)O1. The van der Waals surface area contributed by atoms with E-state index in [1.165, 1.54) is 77.0 Å². The van der Waals surface area contributed by atoms with Gasteiger partial charge in [-0.3, -0.25) is 0 Å². The Balaban J connectivity index is 1.14. The summed E-state index contributed by atoms with van der Waals surface area (Å²) in [5.41, 5.74) is 0.858. The zero-order chi connectivity index (χ0) is 29.3. The van der Waals surface area contributed by atoms with Crippen LogP contribution in [-0.2, 0) is 19.0 Å². The Labute approximate surface area is 251 Å². The first-order chi connectivity index (χ1) is 20.0. The highest BCUT2D eigenvalue weighted by atomic mass is 16.6. The van der Waals surface area contributed by atoms with Crippen LogP contribution >= 0.6 is 0 Å². The van der Waals surface area contributed by atoms with Gasteiger partial charge in [-0.25, -0.2) is 4.79 Å². The average Bonchev–Trinajstić information content (AvgIpc) is 3.71. The molecule has 3 heterocycles. The number of hydrogen-bond acceptors (Lipinski definition) is 6. The second kappa shape index (κ2) is 20.1. The third-order valence-corrected chi connectivity index (χ3v) is 9.48. The topological polar surface area (TPSA) is 85.2 Å². The van der Waals surface area contributed by atoms with Gasteiger partial charge in [0, 0.05) is 5.57 Å². The number of hydrogen-bond donors (Lipinski definition) is 2. The second-order valence-corrected chi connectivity index (χ2v) is 13.1. The van der Waals surface area contributed by atoms with Gasteiger partial charge in [0.25, 0.3) is 0 Å². The minimum atomic E-state index is -0.385. The molecular weight excluding hydrogens is 516 g/mol. The molecule has 238 valence electrons. The minimum absolute atomic E-state index is 0.0514. The van der Waals surface area contributed by atoms with Crippen LogP contribution in [0.15, 0.2) is 11.6 Å². The van der Waals surface area contributed by atoms with Gasteiger partial charge in [-0.05, 0) is 64.4 Å². The van der Waals surface area contributed by atoms with Crippen LogP contribution in [0, 0.1) is 0 Å². The molecule has 0 bridgehead atoms. The number of cyclic esters (lactones) is 1. The number of esters is 1. The summed E-state index contributed by atoms with van der Waals surface area (Å²) in [6.07, 6.45) is 27.0. The lowest BCUT2D eigenvalue weighted by atomic mass is 10.0. The third kappa shape index (κ3) is 13.1. The lowest BCUT2D eigenvalue weighted by Gasteiger charge is -2.24. The van der Waals surface area contributed by atoms with Crippen molar-refractivity contribution in [3.63, 3.8) is 0 Å². The van der Waals surface area contributed by atoms with Crippen LogP contribution in [0.4, 0.5) is 0 Å². The molecular formula is C35H62O6. The van der Waals surface area contributed by atoms with Gasteiger partial charge >= 0.3 is 5.97 Å². The molecule has 0 aromatic heterocycles. The number of aliphatic hydroxyl groups is 2. The molecule has 0 aromatic carbocycles. The van der Waals surface area contributed by atoms with Crippen molar-refractivity contribution in [1.82, 2.24) is 0 Å². The molecule has 3 aliphatic rings. The van der Waals surface area contributed by atoms with E-state index >= 15 is 0 Å². The molecule has 2 saturated heterocycles. The molecule has 6 nitrogen and oxygen atoms in total. The number of unbranched alkanes of at least 4 members (excludes halogenated alkanes) is 14. The largest absolute Gasteiger partial charge is 0.455 e. The van der Waals surface area contributed by atoms with Gasteiger partial charge in [0.1, 0.15) is 6.10 Å². The van der Waals surface area contributed by atoms with Gasteiger partial charge in [-0.15, -0.1) is 0 Å². The normalized spacial score (nSPS) is 27.8. The van der Waals surface area contributed by atoms with E-state index in [1.54, 1.807) is 0 Å². The summed E-state index contributed by atoms with van der Waals surface area (Å²) in [6, 6.07) is 0. The maximum absolute atomic E-state index is 11.6. The Morgan fingerprint density at radius 3 is 1.56 bits per heavy atom. The monoisotopic (exact) mass is 578 g/mol. The van der Waals surface area contributed by atoms with Crippen LogP contribution in [0.5, 0.6) is 0 Å². The highest BCUT2D eigenvalue weighted by molar-refractivity contribution is 5.90. The zero-order valence-electron chi connectivity index (χ0n) is 26.4. The van der Waals surface area contributed by atoms with Crippen molar-refractivity contribution in [3.05, 3.63) is 11.6 Å². The maximum Gasteiger partial charge on any atom is 0.334 e. The van der Waals surface area contributed by atoms with Gasteiger partial charge in [0.15, 0.2) is 0 Å². The number of carbonyl (C=O) groups excluding carboxylic acids is 1. The lowest BCUT2D eigenvalue weighted by molar-refractivity contribution is -0.139. The maximum atomic E-state index is 11.6. The second-order valence-electron chi connectivity index (χ2n) is 13.1. The first kappa shape index (κ1) is 34.5. The molecule has 3 rings (SSSR count). The molecule has 0 aromatic rings. The van der Waals surface area contributed by atoms with E-state index in [-0.39, 0.29) is 48.7 Å². The van der Waals surface area contributed by atoms with Gasteiger partial charge in [-0.1, -0.05) is 103 Å². The predicted octanol–water partition coefficient (Wildman–Crippen LogP) is 8.11. The summed E-state index contributed by atoms with van der Waals surface area (Å²) in [6.45, 7) is 4.17. The van der Waals surface area contributed by atoms with E-state index in [2.05, 4.69) is 6.92 Å². The number of aliphatic hydroxyl groups excluding tert-OH is 2. The zero-order valence-corrected chi connectivity index (χ0v) is 26.4. The smallest absolute Gasteiger partial charge is 0.334 e. The van der Waals surface area contributed by atoms with Crippen LogP contribution in [0.1, 0.15) is 162 Å². The van der Waals surface area contributed by atoms with E-state index in [0.29, 0.717) is 0 Å². The van der Waals surface area contributed by atoms with Gasteiger partial charge < -0.3 is 24.4 Å². The summed E-state index contributed by atoms with van der Waals surface area (Å²) in [4.78, 5) is 11.6. The van der Waals surface area contributed by atoms with Gasteiger partial charge in [0.2, 0.25) is 0 Å². The van der Waals surface area contributed by atoms with Crippen LogP contribution in [0.25, 0.3) is 0 Å². The van der Waals surface area contributed by atoms with E-state index in [0.717, 1.165) is 76.2 Å². The molecule has 0 unspecified atom stereocenters. The Hall–Kier alpha value is -0.950. The molecule has 41 heavy (non-hydrogen) atoms. The summed E-state index contributed by atoms with van der Waals surface area (Å²) in [5, 5.41) is 21.4. The molecule has 2 N–H and O–H groups in total. The minimum Gasteiger partial charge on any atom is -0.455 e. The molecule has 0 saturated carbocycles. The summed E-state index contributed by atoms with van der Waals surface area (Å²) in [7, 11) is 0. The molecule has 7 atom stereocenters. The van der Waals surface area contributed by atoms with Crippen LogP contribution in [-0.4, -0.2) is 58.9 Å². The van der Waals surface area contributed by atoms with Gasteiger partial charge in [0.05, 0.1) is 36.6 Å². The van der Waals surface area contributed by atoms with Crippen molar-refractivity contribution in [2.24, 2.45) is 0 Å². The van der Waals surface area contributed by atoms with Crippen molar-refractivity contribution < 1.29 is 29.2 Å². The first-order valence-corrected chi connectivity index (χ1v) is 17.6. The van der Waals surface area contributed by atoms with Crippen molar-refractivity contribution in [3.8, 4) is 0 Å². The fourth-order valence-corrected chi connectivity index (χ4v) is 6.90. The number of rotatable bonds is 23. The fourth-order valence-electron chi connectivity index (χ4n) is 6.90. The molecule has 3 aliphatic heterocycles. The quantitative estimate of drug-likeness (QED) is 0.0941. The molecule has 2 fully saturated rings. The standard InChI is InChI=1S/C35H62O6/c1-3-4-5-6-7-11-14-17-20-29(36)31-22-24-33(40-31)34-25-23-32(41-34)30(37)21-18-15-12-9-8-10-13-16-19-28-26-27(2)39-35(28)38/h26-27,29-34,36-37H,3-25H2,1-2H3/t27-,29+,30-,31+,32+,33+,34+/m0/s1. The highest BCUT2D eigenvalue weighted by Crippen LogP contribution is 2.34. The van der Waals surface area contributed by atoms with Crippen LogP contribution < -0.4 is 0 Å². The molecule has 0 aliphatic carbocycles. The predicted molar refractivity (Wildman–Crippen MR) is 165 cm³/mol. The Bertz CT molecular complexity index is 738. The van der Waals surface area contributed by atoms with E-state index in [9.17, 15) is 15.0 Å². The van der Waals surface area contributed by atoms with Crippen molar-refractivity contribution in [2.45, 2.75) is 204 Å². The molecule has 6 heteroatoms. The summed E-state index contributed by atoms with van der Waals surface area (Å²) < 4.78 is 17.7. The summed E-state index contributed by atoms with van der Waals surface area (Å²) >= 11 is 0. The van der Waals surface area contributed by atoms with Crippen molar-refractivity contribution in [2.75, 3.05) is 0 Å². The van der Waals surface area contributed by atoms with Crippen molar-refractivity contribution >= 4 is 5.97 Å². The van der Waals surface area contributed by atoms with Crippen LogP contribution in [0.2, 0.25) is 0 Å².